The van der Waals surface area contributed by atoms with Gasteiger partial charge < -0.3 is 10.5 Å². The van der Waals surface area contributed by atoms with Gasteiger partial charge in [-0.15, -0.1) is 0 Å². The first-order chi connectivity index (χ1) is 7.99. The number of hydrogen-bond donors (Lipinski definition) is 1. The predicted molar refractivity (Wildman–Crippen MR) is 57.5 cm³/mol. The van der Waals surface area contributed by atoms with Gasteiger partial charge in [-0.2, -0.15) is 0 Å². The van der Waals surface area contributed by atoms with E-state index in [9.17, 15) is 13.6 Å². The van der Waals surface area contributed by atoms with Gasteiger partial charge in [0, 0.05) is 12.1 Å². The standard InChI is InChI=1S/C11H14F2N2O2/c1-6-8(11(12)13)3-7(4-10(16)17-2)15-9(6)5-14/h3,11H,4-5,14H2,1-2H3. The van der Waals surface area contributed by atoms with Crippen LogP contribution in [0.3, 0.4) is 0 Å². The maximum Gasteiger partial charge on any atom is 0.311 e. The largest absolute Gasteiger partial charge is 0.469 e. The van der Waals surface area contributed by atoms with E-state index < -0.39 is 12.4 Å². The Morgan fingerprint density at radius 1 is 1.59 bits per heavy atom. The van der Waals surface area contributed by atoms with Crippen LogP contribution in [0.1, 0.15) is 28.9 Å². The minimum Gasteiger partial charge on any atom is -0.469 e. The monoisotopic (exact) mass is 244 g/mol. The molecule has 0 unspecified atom stereocenters. The number of methoxy groups -OCH3 is 1. The van der Waals surface area contributed by atoms with Gasteiger partial charge in [0.05, 0.1) is 24.9 Å². The van der Waals surface area contributed by atoms with Crippen molar-refractivity contribution in [2.24, 2.45) is 5.73 Å². The Labute approximate surface area is 97.8 Å². The quantitative estimate of drug-likeness (QED) is 0.815. The first kappa shape index (κ1) is 13.5. The van der Waals surface area contributed by atoms with Gasteiger partial charge in [-0.05, 0) is 18.6 Å². The molecule has 0 atom stereocenters. The second-order valence-electron chi connectivity index (χ2n) is 3.53. The zero-order chi connectivity index (χ0) is 13.0. The molecule has 0 aliphatic rings. The van der Waals surface area contributed by atoms with Crippen LogP contribution in [0.15, 0.2) is 6.07 Å². The number of aromatic nitrogens is 1. The highest BCUT2D eigenvalue weighted by Crippen LogP contribution is 2.25. The van der Waals surface area contributed by atoms with Gasteiger partial charge in [0.25, 0.3) is 6.43 Å². The van der Waals surface area contributed by atoms with Crippen molar-refractivity contribution in [3.63, 3.8) is 0 Å². The molecule has 0 aliphatic carbocycles. The van der Waals surface area contributed by atoms with Crippen molar-refractivity contribution in [1.82, 2.24) is 4.98 Å². The zero-order valence-corrected chi connectivity index (χ0v) is 9.67. The number of halogens is 2. The summed E-state index contributed by atoms with van der Waals surface area (Å²) in [4.78, 5) is 15.1. The van der Waals surface area contributed by atoms with Crippen molar-refractivity contribution in [1.29, 1.82) is 0 Å². The molecular formula is C11H14F2N2O2. The molecule has 1 aromatic heterocycles. The molecule has 0 spiro atoms. The van der Waals surface area contributed by atoms with Crippen LogP contribution in [0.4, 0.5) is 8.78 Å². The number of ether oxygens (including phenoxy) is 1. The fraction of sp³-hybridized carbons (Fsp3) is 0.455. The Morgan fingerprint density at radius 3 is 2.71 bits per heavy atom. The minimum atomic E-state index is -2.61. The number of alkyl halides is 2. The van der Waals surface area contributed by atoms with E-state index in [1.165, 1.54) is 13.2 Å². The summed E-state index contributed by atoms with van der Waals surface area (Å²) in [5, 5.41) is 0. The van der Waals surface area contributed by atoms with Crippen molar-refractivity contribution in [2.75, 3.05) is 7.11 Å². The number of esters is 1. The van der Waals surface area contributed by atoms with Gasteiger partial charge in [0.15, 0.2) is 0 Å². The molecule has 1 aromatic rings. The number of carbonyl (C=O) groups excluding carboxylic acids is 1. The lowest BCUT2D eigenvalue weighted by atomic mass is 10.1. The third kappa shape index (κ3) is 3.20. The van der Waals surface area contributed by atoms with E-state index in [0.29, 0.717) is 11.3 Å². The van der Waals surface area contributed by atoms with Gasteiger partial charge >= 0.3 is 5.97 Å². The topological polar surface area (TPSA) is 65.2 Å². The van der Waals surface area contributed by atoms with E-state index in [1.807, 2.05) is 0 Å². The van der Waals surface area contributed by atoms with Gasteiger partial charge in [0.2, 0.25) is 0 Å². The summed E-state index contributed by atoms with van der Waals surface area (Å²) in [5.74, 6) is -0.524. The molecule has 0 bridgehead atoms. The molecule has 94 valence electrons. The molecule has 6 heteroatoms. The molecule has 0 aromatic carbocycles. The zero-order valence-electron chi connectivity index (χ0n) is 9.67. The van der Waals surface area contributed by atoms with E-state index in [-0.39, 0.29) is 24.2 Å². The average molecular weight is 244 g/mol. The number of pyridine rings is 1. The molecule has 0 aliphatic heterocycles. The number of rotatable bonds is 4. The van der Waals surface area contributed by atoms with Crippen molar-refractivity contribution in [3.05, 3.63) is 28.6 Å². The number of hydrogen-bond acceptors (Lipinski definition) is 4. The second-order valence-corrected chi connectivity index (χ2v) is 3.53. The predicted octanol–water partition coefficient (Wildman–Crippen LogP) is 1.50. The van der Waals surface area contributed by atoms with E-state index in [4.69, 9.17) is 5.73 Å². The smallest absolute Gasteiger partial charge is 0.311 e. The van der Waals surface area contributed by atoms with Gasteiger partial charge in [-0.1, -0.05) is 0 Å². The summed E-state index contributed by atoms with van der Waals surface area (Å²) in [6.07, 6.45) is -2.75. The molecular weight excluding hydrogens is 230 g/mol. The summed E-state index contributed by atoms with van der Waals surface area (Å²) in [5.41, 5.74) is 6.29. The van der Waals surface area contributed by atoms with Gasteiger partial charge in [0.1, 0.15) is 0 Å². The van der Waals surface area contributed by atoms with Crippen LogP contribution < -0.4 is 5.73 Å². The van der Waals surface area contributed by atoms with Crippen LogP contribution in [0.5, 0.6) is 0 Å². The molecule has 17 heavy (non-hydrogen) atoms. The summed E-state index contributed by atoms with van der Waals surface area (Å²) in [7, 11) is 1.23. The molecule has 2 N–H and O–H groups in total. The lowest BCUT2D eigenvalue weighted by Gasteiger charge is -2.11. The summed E-state index contributed by atoms with van der Waals surface area (Å²) in [6.45, 7) is 1.60. The SMILES string of the molecule is COC(=O)Cc1cc(C(F)F)c(C)c(CN)n1. The van der Waals surface area contributed by atoms with Crippen LogP contribution in [0.2, 0.25) is 0 Å². The van der Waals surface area contributed by atoms with Gasteiger partial charge in [-0.3, -0.25) is 9.78 Å². The minimum absolute atomic E-state index is 0.0561. The van der Waals surface area contributed by atoms with Crippen molar-refractivity contribution >= 4 is 5.97 Å². The van der Waals surface area contributed by atoms with Crippen LogP contribution in [0.25, 0.3) is 0 Å². The Bertz CT molecular complexity index is 422. The Morgan fingerprint density at radius 2 is 2.24 bits per heavy atom. The van der Waals surface area contributed by atoms with Crippen LogP contribution >= 0.6 is 0 Å². The maximum atomic E-state index is 12.8. The average Bonchev–Trinajstić information content (AvgIpc) is 2.30. The van der Waals surface area contributed by atoms with Crippen molar-refractivity contribution < 1.29 is 18.3 Å². The summed E-state index contributed by atoms with van der Waals surface area (Å²) < 4.78 is 30.0. The lowest BCUT2D eigenvalue weighted by molar-refractivity contribution is -0.139. The van der Waals surface area contributed by atoms with E-state index >= 15 is 0 Å². The molecule has 4 nitrogen and oxygen atoms in total. The third-order valence-electron chi connectivity index (χ3n) is 2.45. The Kier molecular flexibility index (Phi) is 4.51. The van der Waals surface area contributed by atoms with Crippen LogP contribution in [-0.2, 0) is 22.5 Å². The normalized spacial score (nSPS) is 10.7. The highest BCUT2D eigenvalue weighted by atomic mass is 19.3. The molecule has 0 amide bonds. The highest BCUT2D eigenvalue weighted by Gasteiger charge is 2.17. The molecule has 1 rings (SSSR count). The van der Waals surface area contributed by atoms with E-state index in [2.05, 4.69) is 9.72 Å². The lowest BCUT2D eigenvalue weighted by Crippen LogP contribution is -2.12. The van der Waals surface area contributed by atoms with Crippen LogP contribution in [-0.4, -0.2) is 18.1 Å². The first-order valence-electron chi connectivity index (χ1n) is 5.04. The molecule has 1 heterocycles. The summed E-state index contributed by atoms with van der Waals surface area (Å²) in [6, 6.07) is 1.22. The number of carbonyl (C=O) groups is 1. The maximum absolute atomic E-state index is 12.8. The van der Waals surface area contributed by atoms with E-state index in [1.54, 1.807) is 6.92 Å². The molecule has 0 saturated heterocycles. The third-order valence-corrected chi connectivity index (χ3v) is 2.45. The molecule has 0 saturated carbocycles. The molecule has 0 fully saturated rings. The number of nitrogens with zero attached hydrogens (tertiary/aromatic N) is 1. The van der Waals surface area contributed by atoms with Gasteiger partial charge in [-0.25, -0.2) is 8.78 Å². The fourth-order valence-corrected chi connectivity index (χ4v) is 1.48. The van der Waals surface area contributed by atoms with Crippen molar-refractivity contribution in [3.8, 4) is 0 Å². The fourth-order valence-electron chi connectivity index (χ4n) is 1.48. The van der Waals surface area contributed by atoms with Crippen molar-refractivity contribution in [2.45, 2.75) is 26.3 Å². The van der Waals surface area contributed by atoms with Crippen LogP contribution in [0, 0.1) is 6.92 Å². The number of nitrogens with two attached hydrogens (primary N) is 1. The highest BCUT2D eigenvalue weighted by molar-refractivity contribution is 5.71. The van der Waals surface area contributed by atoms with E-state index in [0.717, 1.165) is 0 Å². The first-order valence-corrected chi connectivity index (χ1v) is 5.04. The Balaban J connectivity index is 3.15. The second kappa shape index (κ2) is 5.67. The Hall–Kier alpha value is -1.56. The molecule has 0 radical (unpaired) electrons. The summed E-state index contributed by atoms with van der Waals surface area (Å²) >= 11 is 0.